The maximum absolute atomic E-state index is 10.8. The fraction of sp³-hybridized carbons (Fsp3) is 0.571. The summed E-state index contributed by atoms with van der Waals surface area (Å²) in [5, 5.41) is 12.3. The largest absolute Gasteiger partial charge is 0.480 e. The Kier molecular flexibility index (Phi) is 4.99. The summed E-state index contributed by atoms with van der Waals surface area (Å²) in [5.41, 5.74) is 1.11. The number of hydrogen-bond donors (Lipinski definition) is 2. The van der Waals surface area contributed by atoms with Crippen molar-refractivity contribution >= 4 is 27.7 Å². The van der Waals surface area contributed by atoms with Gasteiger partial charge >= 0.3 is 5.97 Å². The molecule has 1 aliphatic rings. The number of nitrogens with zero attached hydrogens (tertiary/aromatic N) is 2. The monoisotopic (exact) mass is 341 g/mol. The SMILES string of the molecule is CCN(CC(=O)O)C1CC(Nc2ncc(Br)cc2C)C1. The number of aliphatic carboxylic acids is 1. The molecule has 1 aromatic heterocycles. The summed E-state index contributed by atoms with van der Waals surface area (Å²) < 4.78 is 0.977. The number of carboxylic acid groups (broad SMARTS) is 1. The number of likely N-dealkylation sites (N-methyl/N-ethyl adjacent to an activating group) is 1. The normalized spacial score (nSPS) is 21.6. The number of nitrogens with one attached hydrogen (secondary N) is 1. The molecule has 0 saturated heterocycles. The maximum atomic E-state index is 10.8. The van der Waals surface area contributed by atoms with E-state index in [1.165, 1.54) is 0 Å². The first-order valence-corrected chi connectivity index (χ1v) is 7.63. The first-order chi connectivity index (χ1) is 9.49. The molecule has 6 heteroatoms. The highest BCUT2D eigenvalue weighted by Crippen LogP contribution is 2.29. The molecule has 20 heavy (non-hydrogen) atoms. The lowest BCUT2D eigenvalue weighted by molar-refractivity contribution is -0.139. The molecule has 110 valence electrons. The van der Waals surface area contributed by atoms with Gasteiger partial charge in [0.2, 0.25) is 0 Å². The predicted octanol–water partition coefficient (Wildman–Crippen LogP) is 2.50. The molecule has 1 heterocycles. The molecular formula is C14H20BrN3O2. The Hall–Kier alpha value is -1.14. The number of aryl methyl sites for hydroxylation is 1. The first-order valence-electron chi connectivity index (χ1n) is 6.84. The van der Waals surface area contributed by atoms with Crippen LogP contribution >= 0.6 is 15.9 Å². The zero-order valence-electron chi connectivity index (χ0n) is 11.8. The fourth-order valence-electron chi connectivity index (χ4n) is 2.56. The number of carbonyl (C=O) groups is 1. The van der Waals surface area contributed by atoms with E-state index < -0.39 is 5.97 Å². The number of carboxylic acids is 1. The van der Waals surface area contributed by atoms with Crippen LogP contribution in [0.3, 0.4) is 0 Å². The van der Waals surface area contributed by atoms with Gasteiger partial charge in [-0.05, 0) is 53.9 Å². The van der Waals surface area contributed by atoms with Crippen molar-refractivity contribution in [3.8, 4) is 0 Å². The Labute approximate surface area is 127 Å². The van der Waals surface area contributed by atoms with Crippen LogP contribution in [0.5, 0.6) is 0 Å². The van der Waals surface area contributed by atoms with E-state index in [4.69, 9.17) is 5.11 Å². The summed E-state index contributed by atoms with van der Waals surface area (Å²) in [6.45, 7) is 4.94. The van der Waals surface area contributed by atoms with Crippen LogP contribution in [0.4, 0.5) is 5.82 Å². The van der Waals surface area contributed by atoms with E-state index in [2.05, 4.69) is 26.2 Å². The summed E-state index contributed by atoms with van der Waals surface area (Å²) in [5.74, 6) is 0.159. The third-order valence-electron chi connectivity index (χ3n) is 3.76. The van der Waals surface area contributed by atoms with Crippen LogP contribution in [0.2, 0.25) is 0 Å². The van der Waals surface area contributed by atoms with Gasteiger partial charge in [-0.25, -0.2) is 4.98 Å². The Balaban J connectivity index is 1.85. The van der Waals surface area contributed by atoms with Gasteiger partial charge in [0.1, 0.15) is 5.82 Å². The maximum Gasteiger partial charge on any atom is 0.317 e. The predicted molar refractivity (Wildman–Crippen MR) is 82.0 cm³/mol. The number of rotatable bonds is 6. The highest BCUT2D eigenvalue weighted by molar-refractivity contribution is 9.10. The van der Waals surface area contributed by atoms with Gasteiger partial charge in [0.05, 0.1) is 6.54 Å². The average molecular weight is 342 g/mol. The molecule has 0 aliphatic heterocycles. The van der Waals surface area contributed by atoms with Gasteiger partial charge in [-0.3, -0.25) is 9.69 Å². The van der Waals surface area contributed by atoms with Gasteiger partial charge < -0.3 is 10.4 Å². The molecule has 0 spiro atoms. The average Bonchev–Trinajstić information content (AvgIpc) is 2.33. The lowest BCUT2D eigenvalue weighted by Crippen LogP contribution is -2.51. The lowest BCUT2D eigenvalue weighted by Gasteiger charge is -2.42. The summed E-state index contributed by atoms with van der Waals surface area (Å²) in [6.07, 6.45) is 3.73. The molecule has 2 rings (SSSR count). The minimum atomic E-state index is -0.756. The van der Waals surface area contributed by atoms with Crippen LogP contribution in [0, 0.1) is 6.92 Å². The van der Waals surface area contributed by atoms with Crippen LogP contribution in [0.25, 0.3) is 0 Å². The molecular weight excluding hydrogens is 322 g/mol. The van der Waals surface area contributed by atoms with Gasteiger partial charge in [-0.15, -0.1) is 0 Å². The molecule has 5 nitrogen and oxygen atoms in total. The first kappa shape index (κ1) is 15.3. The zero-order chi connectivity index (χ0) is 14.7. The van der Waals surface area contributed by atoms with E-state index in [-0.39, 0.29) is 6.54 Å². The van der Waals surface area contributed by atoms with Crippen LogP contribution in [-0.2, 0) is 4.79 Å². The van der Waals surface area contributed by atoms with Crippen LogP contribution in [0.1, 0.15) is 25.3 Å². The van der Waals surface area contributed by atoms with E-state index in [1.807, 2.05) is 24.8 Å². The molecule has 1 aromatic rings. The van der Waals surface area contributed by atoms with E-state index in [1.54, 1.807) is 6.20 Å². The van der Waals surface area contributed by atoms with Gasteiger partial charge in [0.25, 0.3) is 0 Å². The second-order valence-electron chi connectivity index (χ2n) is 5.24. The second kappa shape index (κ2) is 6.54. The molecule has 0 amide bonds. The molecule has 0 bridgehead atoms. The Morgan fingerprint density at radius 1 is 1.60 bits per heavy atom. The van der Waals surface area contributed by atoms with Gasteiger partial charge in [-0.2, -0.15) is 0 Å². The van der Waals surface area contributed by atoms with Crippen molar-refractivity contribution in [2.75, 3.05) is 18.4 Å². The van der Waals surface area contributed by atoms with Crippen molar-refractivity contribution in [2.24, 2.45) is 0 Å². The molecule has 1 aliphatic carbocycles. The molecule has 1 saturated carbocycles. The van der Waals surface area contributed by atoms with E-state index in [9.17, 15) is 4.79 Å². The van der Waals surface area contributed by atoms with Crippen LogP contribution < -0.4 is 5.32 Å². The topological polar surface area (TPSA) is 65.5 Å². The molecule has 0 radical (unpaired) electrons. The number of aromatic nitrogens is 1. The highest BCUT2D eigenvalue weighted by Gasteiger charge is 2.34. The summed E-state index contributed by atoms with van der Waals surface area (Å²) >= 11 is 3.40. The smallest absolute Gasteiger partial charge is 0.317 e. The number of anilines is 1. The lowest BCUT2D eigenvalue weighted by atomic mass is 9.85. The van der Waals surface area contributed by atoms with Crippen LogP contribution in [-0.4, -0.2) is 46.1 Å². The third-order valence-corrected chi connectivity index (χ3v) is 4.19. The summed E-state index contributed by atoms with van der Waals surface area (Å²) in [6, 6.07) is 2.79. The standard InChI is InChI=1S/C14H20BrN3O2/c1-3-18(8-13(19)20)12-5-11(6-12)17-14-9(2)4-10(15)7-16-14/h4,7,11-12H,3,5-6,8H2,1-2H3,(H,16,17)(H,19,20). The van der Waals surface area contributed by atoms with Crippen molar-refractivity contribution in [1.29, 1.82) is 0 Å². The molecule has 0 atom stereocenters. The van der Waals surface area contributed by atoms with Crippen molar-refractivity contribution < 1.29 is 9.90 Å². The third kappa shape index (κ3) is 3.70. The van der Waals surface area contributed by atoms with Crippen molar-refractivity contribution in [2.45, 2.75) is 38.8 Å². The van der Waals surface area contributed by atoms with E-state index in [0.29, 0.717) is 12.1 Å². The fourth-order valence-corrected chi connectivity index (χ4v) is 3.01. The zero-order valence-corrected chi connectivity index (χ0v) is 13.4. The summed E-state index contributed by atoms with van der Waals surface area (Å²) in [7, 11) is 0. The summed E-state index contributed by atoms with van der Waals surface area (Å²) in [4.78, 5) is 17.2. The minimum Gasteiger partial charge on any atom is -0.480 e. The van der Waals surface area contributed by atoms with Crippen LogP contribution in [0.15, 0.2) is 16.7 Å². The van der Waals surface area contributed by atoms with Gasteiger partial charge in [0.15, 0.2) is 0 Å². The molecule has 2 N–H and O–H groups in total. The Morgan fingerprint density at radius 3 is 2.85 bits per heavy atom. The van der Waals surface area contributed by atoms with E-state index in [0.717, 1.165) is 35.2 Å². The minimum absolute atomic E-state index is 0.128. The quantitative estimate of drug-likeness (QED) is 0.832. The van der Waals surface area contributed by atoms with Crippen molar-refractivity contribution in [1.82, 2.24) is 9.88 Å². The number of halogens is 1. The molecule has 0 aromatic carbocycles. The number of pyridine rings is 1. The van der Waals surface area contributed by atoms with Gasteiger partial charge in [-0.1, -0.05) is 6.92 Å². The number of hydrogen-bond acceptors (Lipinski definition) is 4. The Bertz CT molecular complexity index is 489. The highest BCUT2D eigenvalue weighted by atomic mass is 79.9. The van der Waals surface area contributed by atoms with Crippen molar-refractivity contribution in [3.63, 3.8) is 0 Å². The second-order valence-corrected chi connectivity index (χ2v) is 6.16. The molecule has 1 fully saturated rings. The van der Waals surface area contributed by atoms with Crippen molar-refractivity contribution in [3.05, 3.63) is 22.3 Å². The molecule has 0 unspecified atom stereocenters. The van der Waals surface area contributed by atoms with Gasteiger partial charge in [0, 0.05) is 22.8 Å². The Morgan fingerprint density at radius 2 is 2.30 bits per heavy atom. The van der Waals surface area contributed by atoms with E-state index >= 15 is 0 Å².